The SMILES string of the molecule is CNC(C(=O)Nc1ccc(CCSC)cc1)c1cnn(C)c1.Cl. The molecule has 1 aromatic carbocycles. The number of thioether (sulfide) groups is 1. The van der Waals surface area contributed by atoms with Crippen molar-refractivity contribution >= 4 is 35.8 Å². The summed E-state index contributed by atoms with van der Waals surface area (Å²) >= 11 is 1.83. The molecule has 2 aromatic rings. The summed E-state index contributed by atoms with van der Waals surface area (Å²) in [6.07, 6.45) is 6.69. The number of nitrogens with one attached hydrogen (secondary N) is 2. The van der Waals surface area contributed by atoms with Crippen LogP contribution in [0.2, 0.25) is 0 Å². The summed E-state index contributed by atoms with van der Waals surface area (Å²) in [4.78, 5) is 12.4. The Morgan fingerprint density at radius 1 is 1.35 bits per heavy atom. The number of anilines is 1. The fourth-order valence-electron chi connectivity index (χ4n) is 2.23. The van der Waals surface area contributed by atoms with Crippen LogP contribution in [0.5, 0.6) is 0 Å². The van der Waals surface area contributed by atoms with Gasteiger partial charge in [0.15, 0.2) is 0 Å². The topological polar surface area (TPSA) is 59.0 Å². The maximum Gasteiger partial charge on any atom is 0.246 e. The van der Waals surface area contributed by atoms with Crippen molar-refractivity contribution in [3.63, 3.8) is 0 Å². The molecule has 0 aliphatic heterocycles. The molecule has 126 valence electrons. The van der Waals surface area contributed by atoms with E-state index in [1.165, 1.54) is 5.56 Å². The smallest absolute Gasteiger partial charge is 0.246 e. The number of carbonyl (C=O) groups is 1. The molecule has 0 aliphatic carbocycles. The highest BCUT2D eigenvalue weighted by Crippen LogP contribution is 2.16. The first-order valence-corrected chi connectivity index (χ1v) is 8.58. The average molecular weight is 355 g/mol. The summed E-state index contributed by atoms with van der Waals surface area (Å²) in [6.45, 7) is 0. The van der Waals surface area contributed by atoms with Crippen LogP contribution in [-0.2, 0) is 18.3 Å². The summed E-state index contributed by atoms with van der Waals surface area (Å²) in [7, 11) is 3.60. The first-order chi connectivity index (χ1) is 10.6. The van der Waals surface area contributed by atoms with Crippen LogP contribution >= 0.6 is 24.2 Å². The van der Waals surface area contributed by atoms with E-state index in [1.807, 2.05) is 37.1 Å². The number of hydrogen-bond donors (Lipinski definition) is 2. The molecule has 5 nitrogen and oxygen atoms in total. The minimum Gasteiger partial charge on any atom is -0.324 e. The van der Waals surface area contributed by atoms with E-state index in [9.17, 15) is 4.79 Å². The molecule has 2 rings (SSSR count). The summed E-state index contributed by atoms with van der Waals surface area (Å²) in [5.41, 5.74) is 2.94. The highest BCUT2D eigenvalue weighted by atomic mass is 35.5. The van der Waals surface area contributed by atoms with Gasteiger partial charge in [-0.1, -0.05) is 12.1 Å². The lowest BCUT2D eigenvalue weighted by molar-refractivity contribution is -0.118. The van der Waals surface area contributed by atoms with Crippen molar-refractivity contribution in [3.8, 4) is 0 Å². The van der Waals surface area contributed by atoms with E-state index in [0.29, 0.717) is 0 Å². The number of amides is 1. The quantitative estimate of drug-likeness (QED) is 0.802. The van der Waals surface area contributed by atoms with Crippen molar-refractivity contribution in [1.29, 1.82) is 0 Å². The van der Waals surface area contributed by atoms with Crippen LogP contribution in [0.1, 0.15) is 17.2 Å². The van der Waals surface area contributed by atoms with Crippen LogP contribution in [0.3, 0.4) is 0 Å². The number of hydrogen-bond acceptors (Lipinski definition) is 4. The minimum atomic E-state index is -0.412. The Balaban J connectivity index is 0.00000264. The van der Waals surface area contributed by atoms with Crippen molar-refractivity contribution in [3.05, 3.63) is 47.8 Å². The molecule has 0 fully saturated rings. The normalized spacial score (nSPS) is 11.6. The zero-order valence-electron chi connectivity index (χ0n) is 13.6. The molecule has 0 spiro atoms. The number of benzene rings is 1. The molecule has 1 aromatic heterocycles. The number of halogens is 1. The second kappa shape index (κ2) is 9.60. The molecule has 1 amide bonds. The van der Waals surface area contributed by atoms with Crippen LogP contribution in [0.4, 0.5) is 5.69 Å². The molecule has 23 heavy (non-hydrogen) atoms. The van der Waals surface area contributed by atoms with Crippen molar-refractivity contribution < 1.29 is 4.79 Å². The minimum absolute atomic E-state index is 0. The van der Waals surface area contributed by atoms with Gasteiger partial charge in [0.25, 0.3) is 0 Å². The average Bonchev–Trinajstić information content (AvgIpc) is 2.93. The Labute approximate surface area is 147 Å². The molecular weight excluding hydrogens is 332 g/mol. The number of aromatic nitrogens is 2. The molecule has 1 atom stereocenters. The van der Waals surface area contributed by atoms with E-state index in [4.69, 9.17) is 0 Å². The predicted molar refractivity (Wildman–Crippen MR) is 99.4 cm³/mol. The van der Waals surface area contributed by atoms with Crippen molar-refractivity contribution in [2.45, 2.75) is 12.5 Å². The molecule has 0 bridgehead atoms. The maximum absolute atomic E-state index is 12.4. The molecular formula is C16H23ClN4OS. The van der Waals surface area contributed by atoms with E-state index in [0.717, 1.165) is 23.4 Å². The summed E-state index contributed by atoms with van der Waals surface area (Å²) in [5, 5.41) is 10.1. The van der Waals surface area contributed by atoms with Crippen LogP contribution in [0, 0.1) is 0 Å². The number of nitrogens with zero attached hydrogens (tertiary/aromatic N) is 2. The largest absolute Gasteiger partial charge is 0.324 e. The van der Waals surface area contributed by atoms with Gasteiger partial charge >= 0.3 is 0 Å². The number of rotatable bonds is 7. The molecule has 2 N–H and O–H groups in total. The monoisotopic (exact) mass is 354 g/mol. The lowest BCUT2D eigenvalue weighted by Crippen LogP contribution is -2.30. The standard InChI is InChI=1S/C16H22N4OS.ClH/c1-17-15(13-10-18-20(2)11-13)16(21)19-14-6-4-12(5-7-14)8-9-22-3;/h4-7,10-11,15,17H,8-9H2,1-3H3,(H,19,21);1H. The molecule has 1 unspecified atom stereocenters. The number of carbonyl (C=O) groups excluding carboxylic acids is 1. The highest BCUT2D eigenvalue weighted by molar-refractivity contribution is 7.98. The first-order valence-electron chi connectivity index (χ1n) is 7.18. The Hall–Kier alpha value is -1.50. The predicted octanol–water partition coefficient (Wildman–Crippen LogP) is 2.65. The first kappa shape index (κ1) is 19.5. The van der Waals surface area contributed by atoms with E-state index in [-0.39, 0.29) is 18.3 Å². The van der Waals surface area contributed by atoms with Gasteiger partial charge in [-0.05, 0) is 43.2 Å². The molecule has 0 saturated carbocycles. The highest BCUT2D eigenvalue weighted by Gasteiger charge is 2.20. The van der Waals surface area contributed by atoms with Crippen LogP contribution in [0.25, 0.3) is 0 Å². The summed E-state index contributed by atoms with van der Waals surface area (Å²) in [6, 6.07) is 7.60. The van der Waals surface area contributed by atoms with Gasteiger partial charge in [-0.25, -0.2) is 0 Å². The summed E-state index contributed by atoms with van der Waals surface area (Å²) in [5.74, 6) is 1.02. The zero-order chi connectivity index (χ0) is 15.9. The fraction of sp³-hybridized carbons (Fsp3) is 0.375. The van der Waals surface area contributed by atoms with Gasteiger partial charge in [0, 0.05) is 24.5 Å². The Bertz CT molecular complexity index is 615. The molecule has 0 saturated heterocycles. The lowest BCUT2D eigenvalue weighted by Gasteiger charge is -2.14. The molecule has 1 heterocycles. The molecule has 0 aliphatic rings. The van der Waals surface area contributed by atoms with E-state index < -0.39 is 6.04 Å². The second-order valence-electron chi connectivity index (χ2n) is 5.10. The van der Waals surface area contributed by atoms with Crippen LogP contribution < -0.4 is 10.6 Å². The van der Waals surface area contributed by atoms with E-state index in [1.54, 1.807) is 17.9 Å². The Morgan fingerprint density at radius 3 is 2.57 bits per heavy atom. The van der Waals surface area contributed by atoms with E-state index in [2.05, 4.69) is 34.1 Å². The Kier molecular flexibility index (Phi) is 8.16. The third-order valence-corrected chi connectivity index (χ3v) is 4.04. The van der Waals surface area contributed by atoms with Gasteiger partial charge in [0.1, 0.15) is 6.04 Å². The van der Waals surface area contributed by atoms with Gasteiger partial charge in [-0.3, -0.25) is 9.48 Å². The van der Waals surface area contributed by atoms with Gasteiger partial charge in [-0.2, -0.15) is 16.9 Å². The second-order valence-corrected chi connectivity index (χ2v) is 6.08. The zero-order valence-corrected chi connectivity index (χ0v) is 15.2. The van der Waals surface area contributed by atoms with E-state index >= 15 is 0 Å². The molecule has 0 radical (unpaired) electrons. The number of aryl methyl sites for hydroxylation is 2. The Morgan fingerprint density at radius 2 is 2.04 bits per heavy atom. The molecule has 7 heteroatoms. The fourth-order valence-corrected chi connectivity index (χ4v) is 2.67. The van der Waals surface area contributed by atoms with Gasteiger partial charge < -0.3 is 10.6 Å². The number of likely N-dealkylation sites (N-methyl/N-ethyl adjacent to an activating group) is 1. The van der Waals surface area contributed by atoms with Crippen LogP contribution in [0.15, 0.2) is 36.7 Å². The van der Waals surface area contributed by atoms with Crippen molar-refractivity contribution in [1.82, 2.24) is 15.1 Å². The van der Waals surface area contributed by atoms with Crippen LogP contribution in [-0.4, -0.2) is 34.7 Å². The van der Waals surface area contributed by atoms with Crippen molar-refractivity contribution in [2.75, 3.05) is 24.4 Å². The van der Waals surface area contributed by atoms with Gasteiger partial charge in [0.2, 0.25) is 5.91 Å². The lowest BCUT2D eigenvalue weighted by atomic mass is 10.1. The maximum atomic E-state index is 12.4. The third kappa shape index (κ3) is 5.57. The summed E-state index contributed by atoms with van der Waals surface area (Å²) < 4.78 is 1.69. The van der Waals surface area contributed by atoms with Gasteiger partial charge in [-0.15, -0.1) is 12.4 Å². The third-order valence-electron chi connectivity index (χ3n) is 3.43. The van der Waals surface area contributed by atoms with Crippen molar-refractivity contribution in [2.24, 2.45) is 7.05 Å². The van der Waals surface area contributed by atoms with Gasteiger partial charge in [0.05, 0.1) is 6.20 Å².